The minimum Gasteiger partial charge on any atom is -0.327 e. The molecule has 0 aliphatic carbocycles. The van der Waals surface area contributed by atoms with Gasteiger partial charge in [0.05, 0.1) is 22.5 Å². The molecule has 25 heavy (non-hydrogen) atoms. The molecule has 0 unspecified atom stereocenters. The normalized spacial score (nSPS) is 22.8. The third-order valence-electron chi connectivity index (χ3n) is 5.68. The lowest BCUT2D eigenvalue weighted by Crippen LogP contribution is -2.29. The molecule has 5 heteroatoms. The highest BCUT2D eigenvalue weighted by atomic mass is 32.1. The Bertz CT molecular complexity index is 898. The van der Waals surface area contributed by atoms with Crippen LogP contribution in [0.1, 0.15) is 30.1 Å². The van der Waals surface area contributed by atoms with Crippen molar-refractivity contribution in [3.05, 3.63) is 59.1 Å². The number of hydrogen-bond acceptors (Lipinski definition) is 4. The highest BCUT2D eigenvalue weighted by Gasteiger charge is 2.46. The molecule has 1 saturated heterocycles. The molecule has 2 aliphatic rings. The van der Waals surface area contributed by atoms with Crippen molar-refractivity contribution in [1.29, 1.82) is 0 Å². The Hall–Kier alpha value is -1.98. The van der Waals surface area contributed by atoms with Crippen molar-refractivity contribution in [2.24, 2.45) is 0 Å². The van der Waals surface area contributed by atoms with E-state index in [2.05, 4.69) is 63.3 Å². The van der Waals surface area contributed by atoms with Crippen molar-refractivity contribution in [1.82, 2.24) is 19.4 Å². The summed E-state index contributed by atoms with van der Waals surface area (Å²) in [6.45, 7) is 6.34. The average molecular weight is 350 g/mol. The molecular weight excluding hydrogens is 328 g/mol. The van der Waals surface area contributed by atoms with E-state index >= 15 is 0 Å². The van der Waals surface area contributed by atoms with Crippen molar-refractivity contribution in [3.63, 3.8) is 0 Å². The maximum absolute atomic E-state index is 4.87. The smallest absolute Gasteiger partial charge is 0.116 e. The number of hydrogen-bond donors (Lipinski definition) is 0. The topological polar surface area (TPSA) is 34.0 Å². The van der Waals surface area contributed by atoms with Crippen LogP contribution in [0, 0.1) is 6.92 Å². The van der Waals surface area contributed by atoms with Crippen LogP contribution in [0.2, 0.25) is 0 Å². The predicted octanol–water partition coefficient (Wildman–Crippen LogP) is 3.86. The fourth-order valence-electron chi connectivity index (χ4n) is 4.48. The Morgan fingerprint density at radius 3 is 2.92 bits per heavy atom. The molecule has 1 atom stereocenters. The van der Waals surface area contributed by atoms with Gasteiger partial charge in [-0.25, -0.2) is 4.98 Å². The van der Waals surface area contributed by atoms with Gasteiger partial charge in [0, 0.05) is 30.7 Å². The molecule has 5 heterocycles. The van der Waals surface area contributed by atoms with Crippen LogP contribution in [0.3, 0.4) is 0 Å². The predicted molar refractivity (Wildman–Crippen MR) is 101 cm³/mol. The number of fused-ring (bicyclic) bond motifs is 2. The standard InChI is InChI=1S/C20H22N4S/c1-15-4-2-5-16(22-15)13-23-9-7-20(14-23)8-10-24-17(12-21-19(20)24)18-6-3-11-25-18/h2-6,11-12H,7-10,13-14H2,1H3/t20-/m1/s1. The molecule has 5 rings (SSSR count). The largest absolute Gasteiger partial charge is 0.327 e. The summed E-state index contributed by atoms with van der Waals surface area (Å²) in [5.74, 6) is 1.30. The summed E-state index contributed by atoms with van der Waals surface area (Å²) in [5, 5.41) is 2.14. The summed E-state index contributed by atoms with van der Waals surface area (Å²) < 4.78 is 2.46. The van der Waals surface area contributed by atoms with Gasteiger partial charge in [0.25, 0.3) is 0 Å². The Kier molecular flexibility index (Phi) is 3.54. The third kappa shape index (κ3) is 2.53. The van der Waals surface area contributed by atoms with E-state index in [-0.39, 0.29) is 5.41 Å². The van der Waals surface area contributed by atoms with Gasteiger partial charge in [-0.2, -0.15) is 0 Å². The summed E-state index contributed by atoms with van der Waals surface area (Å²) in [7, 11) is 0. The molecule has 1 spiro atoms. The van der Waals surface area contributed by atoms with Crippen molar-refractivity contribution in [2.75, 3.05) is 13.1 Å². The van der Waals surface area contributed by atoms with Crippen molar-refractivity contribution in [3.8, 4) is 10.6 Å². The van der Waals surface area contributed by atoms with E-state index < -0.39 is 0 Å². The maximum Gasteiger partial charge on any atom is 0.116 e. The summed E-state index contributed by atoms with van der Waals surface area (Å²) in [5.41, 5.74) is 3.81. The quantitative estimate of drug-likeness (QED) is 0.719. The number of likely N-dealkylation sites (tertiary alicyclic amines) is 1. The average Bonchev–Trinajstić information content (AvgIpc) is 3.36. The lowest BCUT2D eigenvalue weighted by Gasteiger charge is -2.22. The van der Waals surface area contributed by atoms with E-state index in [1.54, 1.807) is 11.3 Å². The lowest BCUT2D eigenvalue weighted by atomic mass is 9.85. The zero-order valence-corrected chi connectivity index (χ0v) is 15.3. The van der Waals surface area contributed by atoms with E-state index in [9.17, 15) is 0 Å². The number of imidazole rings is 1. The van der Waals surface area contributed by atoms with Crippen LogP contribution in [0.4, 0.5) is 0 Å². The first kappa shape index (κ1) is 15.3. The molecule has 128 valence electrons. The molecule has 4 nitrogen and oxygen atoms in total. The Balaban J connectivity index is 1.39. The summed E-state index contributed by atoms with van der Waals surface area (Å²) in [6, 6.07) is 10.6. The van der Waals surface area contributed by atoms with E-state index in [4.69, 9.17) is 4.98 Å². The van der Waals surface area contributed by atoms with Crippen LogP contribution in [0.15, 0.2) is 41.9 Å². The number of rotatable bonds is 3. The molecule has 3 aromatic heterocycles. The monoisotopic (exact) mass is 350 g/mol. The van der Waals surface area contributed by atoms with E-state index in [0.29, 0.717) is 0 Å². The number of nitrogens with zero attached hydrogens (tertiary/aromatic N) is 4. The lowest BCUT2D eigenvalue weighted by molar-refractivity contribution is 0.296. The van der Waals surface area contributed by atoms with E-state index in [1.807, 2.05) is 0 Å². The van der Waals surface area contributed by atoms with Gasteiger partial charge >= 0.3 is 0 Å². The van der Waals surface area contributed by atoms with Crippen molar-refractivity contribution < 1.29 is 0 Å². The molecule has 0 bridgehead atoms. The Morgan fingerprint density at radius 2 is 2.08 bits per heavy atom. The SMILES string of the molecule is Cc1cccc(CN2CC[C@@]3(CCn4c(-c5cccs5)cnc43)C2)n1. The van der Waals surface area contributed by atoms with Gasteiger partial charge in [-0.05, 0) is 49.9 Å². The minimum absolute atomic E-state index is 0.235. The molecule has 2 aliphatic heterocycles. The van der Waals surface area contributed by atoms with Gasteiger partial charge in [-0.15, -0.1) is 11.3 Å². The van der Waals surface area contributed by atoms with Crippen LogP contribution in [0.25, 0.3) is 10.6 Å². The zero-order chi connectivity index (χ0) is 16.9. The summed E-state index contributed by atoms with van der Waals surface area (Å²) in [4.78, 5) is 13.4. The first-order valence-corrected chi connectivity index (χ1v) is 9.86. The van der Waals surface area contributed by atoms with Crippen LogP contribution in [-0.2, 0) is 18.5 Å². The van der Waals surface area contributed by atoms with Crippen LogP contribution < -0.4 is 0 Å². The second-order valence-electron chi connectivity index (χ2n) is 7.36. The van der Waals surface area contributed by atoms with Gasteiger partial charge in [0.2, 0.25) is 0 Å². The molecule has 0 N–H and O–H groups in total. The Morgan fingerprint density at radius 1 is 1.16 bits per heavy atom. The van der Waals surface area contributed by atoms with Crippen LogP contribution in [-0.4, -0.2) is 32.5 Å². The number of thiophene rings is 1. The minimum atomic E-state index is 0.235. The van der Waals surface area contributed by atoms with E-state index in [1.165, 1.54) is 34.9 Å². The van der Waals surface area contributed by atoms with Gasteiger partial charge < -0.3 is 4.57 Å². The summed E-state index contributed by atoms with van der Waals surface area (Å²) in [6.07, 6.45) is 4.50. The van der Waals surface area contributed by atoms with Gasteiger partial charge in [0.15, 0.2) is 0 Å². The fourth-order valence-corrected chi connectivity index (χ4v) is 5.22. The number of aromatic nitrogens is 3. The van der Waals surface area contributed by atoms with Crippen molar-refractivity contribution in [2.45, 2.75) is 38.3 Å². The second-order valence-corrected chi connectivity index (χ2v) is 8.30. The molecule has 0 aromatic carbocycles. The summed E-state index contributed by atoms with van der Waals surface area (Å²) >= 11 is 1.80. The second kappa shape index (κ2) is 5.78. The molecule has 0 saturated carbocycles. The highest BCUT2D eigenvalue weighted by molar-refractivity contribution is 7.13. The number of pyridine rings is 1. The highest BCUT2D eigenvalue weighted by Crippen LogP contribution is 2.44. The van der Waals surface area contributed by atoms with Crippen LogP contribution >= 0.6 is 11.3 Å². The van der Waals surface area contributed by atoms with E-state index in [0.717, 1.165) is 31.9 Å². The van der Waals surface area contributed by atoms with Gasteiger partial charge in [-0.1, -0.05) is 12.1 Å². The van der Waals surface area contributed by atoms with Crippen molar-refractivity contribution >= 4 is 11.3 Å². The maximum atomic E-state index is 4.87. The molecule has 3 aromatic rings. The molecule has 1 fully saturated rings. The zero-order valence-electron chi connectivity index (χ0n) is 14.5. The first-order chi connectivity index (χ1) is 12.2. The molecule has 0 amide bonds. The first-order valence-electron chi connectivity index (χ1n) is 8.98. The molecule has 0 radical (unpaired) electrons. The fraction of sp³-hybridized carbons (Fsp3) is 0.400. The van der Waals surface area contributed by atoms with Gasteiger partial charge in [-0.3, -0.25) is 9.88 Å². The molecular formula is C20H22N4S. The van der Waals surface area contributed by atoms with Crippen LogP contribution in [0.5, 0.6) is 0 Å². The number of aryl methyl sites for hydroxylation is 1. The Labute approximate surface area is 152 Å². The van der Waals surface area contributed by atoms with Gasteiger partial charge in [0.1, 0.15) is 5.82 Å². The third-order valence-corrected chi connectivity index (χ3v) is 6.57.